The van der Waals surface area contributed by atoms with Crippen molar-refractivity contribution in [2.75, 3.05) is 18.4 Å². The first kappa shape index (κ1) is 16.1. The van der Waals surface area contributed by atoms with Gasteiger partial charge in [0.05, 0.1) is 6.04 Å². The van der Waals surface area contributed by atoms with E-state index >= 15 is 0 Å². The molecule has 0 fully saturated rings. The van der Waals surface area contributed by atoms with Crippen LogP contribution in [0.1, 0.15) is 29.3 Å². The zero-order valence-corrected chi connectivity index (χ0v) is 14.9. The van der Waals surface area contributed by atoms with E-state index in [1.54, 1.807) is 0 Å². The van der Waals surface area contributed by atoms with Crippen LogP contribution < -0.4 is 5.32 Å². The Morgan fingerprint density at radius 3 is 2.78 bits per heavy atom. The van der Waals surface area contributed by atoms with Crippen molar-refractivity contribution in [1.29, 1.82) is 0 Å². The lowest BCUT2D eigenvalue weighted by atomic mass is 9.99. The molecule has 0 aliphatic carbocycles. The lowest BCUT2D eigenvalue weighted by Gasteiger charge is -2.37. The van der Waals surface area contributed by atoms with Gasteiger partial charge in [-0.3, -0.25) is 0 Å². The molecule has 1 aliphatic rings. The smallest absolute Gasteiger partial charge is 0.318 e. The van der Waals surface area contributed by atoms with Gasteiger partial charge in [0.15, 0.2) is 0 Å². The molecule has 5 heteroatoms. The Hall–Kier alpha value is -1.75. The fraction of sp³-hybridized carbons (Fsp3) is 0.389. The van der Waals surface area contributed by atoms with E-state index in [1.807, 2.05) is 4.90 Å². The van der Waals surface area contributed by atoms with E-state index in [0.29, 0.717) is 6.54 Å². The Bertz CT molecular complexity index is 665. The summed E-state index contributed by atoms with van der Waals surface area (Å²) in [6, 6.07) is 12.6. The van der Waals surface area contributed by atoms with E-state index < -0.39 is 0 Å². The number of aryl methyl sites for hydroxylation is 1. The van der Waals surface area contributed by atoms with Crippen LogP contribution in [0.15, 0.2) is 42.6 Å². The van der Waals surface area contributed by atoms with Gasteiger partial charge in [0.1, 0.15) is 0 Å². The second kappa shape index (κ2) is 7.21. The number of hydrogen-bond donors (Lipinski definition) is 1. The van der Waals surface area contributed by atoms with E-state index in [2.05, 4.69) is 75.3 Å². The van der Waals surface area contributed by atoms with Gasteiger partial charge in [-0.1, -0.05) is 45.8 Å². The highest BCUT2D eigenvalue weighted by Crippen LogP contribution is 2.32. The fourth-order valence-corrected chi connectivity index (χ4v) is 3.35. The number of rotatable bonds is 4. The molecule has 1 unspecified atom stereocenters. The first-order valence-electron chi connectivity index (χ1n) is 8.03. The number of amides is 2. The predicted octanol–water partition coefficient (Wildman–Crippen LogP) is 3.70. The minimum absolute atomic E-state index is 0.0176. The number of aromatic nitrogens is 1. The number of benzene rings is 1. The molecule has 2 heterocycles. The summed E-state index contributed by atoms with van der Waals surface area (Å²) in [5, 5.41) is 3.94. The zero-order valence-electron chi connectivity index (χ0n) is 13.3. The summed E-state index contributed by atoms with van der Waals surface area (Å²) in [6.07, 6.45) is 3.03. The van der Waals surface area contributed by atoms with Gasteiger partial charge in [-0.2, -0.15) is 0 Å². The van der Waals surface area contributed by atoms with Gasteiger partial charge in [0.2, 0.25) is 0 Å². The van der Waals surface area contributed by atoms with E-state index in [4.69, 9.17) is 0 Å². The van der Waals surface area contributed by atoms with Crippen LogP contribution in [0.5, 0.6) is 0 Å². The van der Waals surface area contributed by atoms with Gasteiger partial charge in [-0.15, -0.1) is 0 Å². The lowest BCUT2D eigenvalue weighted by Crippen LogP contribution is -2.47. The fourth-order valence-electron chi connectivity index (χ4n) is 3.07. The summed E-state index contributed by atoms with van der Waals surface area (Å²) >= 11 is 3.40. The molecule has 23 heavy (non-hydrogen) atoms. The predicted molar refractivity (Wildman–Crippen MR) is 96.0 cm³/mol. The number of hydrogen-bond acceptors (Lipinski definition) is 1. The molecule has 3 rings (SSSR count). The normalized spacial score (nSPS) is 17.0. The highest BCUT2D eigenvalue weighted by atomic mass is 79.9. The molecule has 4 nitrogen and oxygen atoms in total. The van der Waals surface area contributed by atoms with E-state index in [0.717, 1.165) is 30.4 Å². The Balaban J connectivity index is 1.89. The molecule has 1 aromatic heterocycles. The molecule has 1 N–H and O–H groups in total. The van der Waals surface area contributed by atoms with Crippen LogP contribution in [0.4, 0.5) is 4.79 Å². The number of carbonyl (C=O) groups is 1. The Morgan fingerprint density at radius 1 is 1.26 bits per heavy atom. The lowest BCUT2D eigenvalue weighted by molar-refractivity contribution is 0.169. The van der Waals surface area contributed by atoms with Crippen molar-refractivity contribution < 1.29 is 4.79 Å². The maximum Gasteiger partial charge on any atom is 0.318 e. The van der Waals surface area contributed by atoms with Gasteiger partial charge in [0, 0.05) is 36.9 Å². The third kappa shape index (κ3) is 3.44. The molecule has 0 radical (unpaired) electrons. The SMILES string of the molecule is Cc1ccc(C2c3cccn3CCN2C(=O)NCCCBr)cc1. The molecule has 0 bridgehead atoms. The summed E-state index contributed by atoms with van der Waals surface area (Å²) in [5.41, 5.74) is 3.56. The molecule has 0 saturated heterocycles. The molecule has 1 aromatic carbocycles. The zero-order chi connectivity index (χ0) is 16.2. The first-order chi connectivity index (χ1) is 11.2. The van der Waals surface area contributed by atoms with Crippen LogP contribution in [-0.4, -0.2) is 33.9 Å². The van der Waals surface area contributed by atoms with Crippen molar-refractivity contribution in [2.45, 2.75) is 25.9 Å². The minimum Gasteiger partial charge on any atom is -0.348 e. The molecular weight excluding hydrogens is 354 g/mol. The second-order valence-electron chi connectivity index (χ2n) is 5.91. The first-order valence-corrected chi connectivity index (χ1v) is 9.15. The number of carbonyl (C=O) groups excluding carboxylic acids is 1. The van der Waals surface area contributed by atoms with Crippen LogP contribution in [0.2, 0.25) is 0 Å². The third-order valence-electron chi connectivity index (χ3n) is 4.28. The Morgan fingerprint density at radius 2 is 2.04 bits per heavy atom. The standard InChI is InChI=1S/C18H22BrN3O/c1-14-5-7-15(8-6-14)17-16-4-2-11-21(16)12-13-22(17)18(23)20-10-3-9-19/h2,4-8,11,17H,3,9-10,12-13H2,1H3,(H,20,23). The van der Waals surface area contributed by atoms with Crippen LogP contribution in [-0.2, 0) is 6.54 Å². The average Bonchev–Trinajstić information content (AvgIpc) is 3.03. The Kier molecular flexibility index (Phi) is 5.06. The third-order valence-corrected chi connectivity index (χ3v) is 4.84. The molecule has 0 saturated carbocycles. The number of urea groups is 1. The number of nitrogens with one attached hydrogen (secondary N) is 1. The molecule has 0 spiro atoms. The van der Waals surface area contributed by atoms with Crippen LogP contribution in [0.25, 0.3) is 0 Å². The van der Waals surface area contributed by atoms with Gasteiger partial charge >= 0.3 is 6.03 Å². The maximum absolute atomic E-state index is 12.6. The Labute approximate surface area is 145 Å². The summed E-state index contributed by atoms with van der Waals surface area (Å²) in [4.78, 5) is 14.6. The highest BCUT2D eigenvalue weighted by molar-refractivity contribution is 9.09. The summed E-state index contributed by atoms with van der Waals surface area (Å²) in [7, 11) is 0. The summed E-state index contributed by atoms with van der Waals surface area (Å²) in [5.74, 6) is 0. The van der Waals surface area contributed by atoms with Crippen LogP contribution in [0.3, 0.4) is 0 Å². The highest BCUT2D eigenvalue weighted by Gasteiger charge is 2.31. The van der Waals surface area contributed by atoms with Gasteiger partial charge in [-0.05, 0) is 31.0 Å². The van der Waals surface area contributed by atoms with E-state index in [9.17, 15) is 4.79 Å². The van der Waals surface area contributed by atoms with Gasteiger partial charge < -0.3 is 14.8 Å². The second-order valence-corrected chi connectivity index (χ2v) is 6.70. The van der Waals surface area contributed by atoms with E-state index in [1.165, 1.54) is 11.3 Å². The largest absolute Gasteiger partial charge is 0.348 e. The number of alkyl halides is 1. The molecule has 1 aliphatic heterocycles. The summed E-state index contributed by atoms with van der Waals surface area (Å²) in [6.45, 7) is 4.34. The van der Waals surface area contributed by atoms with Crippen LogP contribution in [0, 0.1) is 6.92 Å². The topological polar surface area (TPSA) is 37.3 Å². The van der Waals surface area contributed by atoms with Gasteiger partial charge in [0.25, 0.3) is 0 Å². The maximum atomic E-state index is 12.6. The molecule has 1 atom stereocenters. The number of halogens is 1. The van der Waals surface area contributed by atoms with Crippen molar-refractivity contribution in [3.63, 3.8) is 0 Å². The average molecular weight is 376 g/mol. The number of nitrogens with zero attached hydrogens (tertiary/aromatic N) is 2. The van der Waals surface area contributed by atoms with Crippen molar-refractivity contribution >= 4 is 22.0 Å². The van der Waals surface area contributed by atoms with E-state index in [-0.39, 0.29) is 12.1 Å². The quantitative estimate of drug-likeness (QED) is 0.641. The van der Waals surface area contributed by atoms with Gasteiger partial charge in [-0.25, -0.2) is 4.79 Å². The van der Waals surface area contributed by atoms with Crippen molar-refractivity contribution in [2.24, 2.45) is 0 Å². The van der Waals surface area contributed by atoms with Crippen molar-refractivity contribution in [3.8, 4) is 0 Å². The van der Waals surface area contributed by atoms with Crippen LogP contribution >= 0.6 is 15.9 Å². The molecule has 2 aromatic rings. The monoisotopic (exact) mass is 375 g/mol. The molecular formula is C18H22BrN3O. The minimum atomic E-state index is -0.0247. The van der Waals surface area contributed by atoms with Crippen molar-refractivity contribution in [3.05, 3.63) is 59.4 Å². The van der Waals surface area contributed by atoms with Crippen molar-refractivity contribution in [1.82, 2.24) is 14.8 Å². The summed E-state index contributed by atoms with van der Waals surface area (Å²) < 4.78 is 2.24. The molecule has 2 amide bonds. The molecule has 122 valence electrons. The number of fused-ring (bicyclic) bond motifs is 1.